The van der Waals surface area contributed by atoms with Gasteiger partial charge in [-0.1, -0.05) is 55.5 Å². The first-order valence-electron chi connectivity index (χ1n) is 10.8. The Morgan fingerprint density at radius 3 is 1.94 bits per heavy atom. The average Bonchev–Trinajstić information content (AvgIpc) is 2.79. The highest BCUT2D eigenvalue weighted by molar-refractivity contribution is 5.84. The van der Waals surface area contributed by atoms with Gasteiger partial charge in [0.05, 0.1) is 0 Å². The Hall–Kier alpha value is -3.51. The first kappa shape index (κ1) is 21.7. The van der Waals surface area contributed by atoms with Gasteiger partial charge in [-0.25, -0.2) is 13.2 Å². The Kier molecular flexibility index (Phi) is 6.61. The van der Waals surface area contributed by atoms with Crippen LogP contribution in [0, 0.1) is 29.3 Å². The van der Waals surface area contributed by atoms with Crippen molar-refractivity contribution in [3.05, 3.63) is 118 Å². The van der Waals surface area contributed by atoms with Crippen LogP contribution in [0.2, 0.25) is 0 Å². The lowest BCUT2D eigenvalue weighted by Gasteiger charge is -2.06. The molecule has 0 heterocycles. The summed E-state index contributed by atoms with van der Waals surface area (Å²) in [5, 5.41) is 1.25. The molecule has 3 heteroatoms. The zero-order valence-corrected chi connectivity index (χ0v) is 17.9. The lowest BCUT2D eigenvalue weighted by atomic mass is 10.0. The third-order valence-electron chi connectivity index (χ3n) is 5.52. The van der Waals surface area contributed by atoms with Crippen molar-refractivity contribution in [1.82, 2.24) is 0 Å². The van der Waals surface area contributed by atoms with Crippen molar-refractivity contribution in [2.75, 3.05) is 0 Å². The van der Waals surface area contributed by atoms with Gasteiger partial charge in [0.2, 0.25) is 0 Å². The van der Waals surface area contributed by atoms with E-state index in [0.29, 0.717) is 17.2 Å². The van der Waals surface area contributed by atoms with Crippen LogP contribution in [0.25, 0.3) is 10.8 Å². The zero-order valence-electron chi connectivity index (χ0n) is 17.9. The highest BCUT2D eigenvalue weighted by atomic mass is 19.2. The SMILES string of the molecule is CCCc1ccc(CCc2ccc(C#Cc3ccc4cc(F)c(F)cc4c3)cc2)c(F)c1. The normalized spacial score (nSPS) is 10.8. The van der Waals surface area contributed by atoms with Gasteiger partial charge < -0.3 is 0 Å². The molecule has 0 aliphatic heterocycles. The van der Waals surface area contributed by atoms with E-state index in [2.05, 4.69) is 18.8 Å². The first-order valence-corrected chi connectivity index (χ1v) is 10.8. The molecule has 4 aromatic rings. The Balaban J connectivity index is 1.42. The van der Waals surface area contributed by atoms with Gasteiger partial charge in [0, 0.05) is 11.1 Å². The summed E-state index contributed by atoms with van der Waals surface area (Å²) in [5.41, 5.74) is 4.49. The Labute approximate surface area is 186 Å². The second-order valence-corrected chi connectivity index (χ2v) is 7.95. The molecule has 0 amide bonds. The Morgan fingerprint density at radius 1 is 0.562 bits per heavy atom. The minimum atomic E-state index is -0.866. The summed E-state index contributed by atoms with van der Waals surface area (Å²) in [5.74, 6) is 4.33. The quantitative estimate of drug-likeness (QED) is 0.291. The minimum absolute atomic E-state index is 0.128. The van der Waals surface area contributed by atoms with Gasteiger partial charge >= 0.3 is 0 Å². The van der Waals surface area contributed by atoms with Gasteiger partial charge in [-0.2, -0.15) is 0 Å². The van der Waals surface area contributed by atoms with Crippen molar-refractivity contribution in [1.29, 1.82) is 0 Å². The maximum absolute atomic E-state index is 14.3. The highest BCUT2D eigenvalue weighted by Gasteiger charge is 2.05. The fourth-order valence-electron chi connectivity index (χ4n) is 3.74. The molecule has 0 unspecified atom stereocenters. The molecule has 0 aliphatic rings. The second-order valence-electron chi connectivity index (χ2n) is 7.95. The molecule has 0 atom stereocenters. The van der Waals surface area contributed by atoms with Gasteiger partial charge in [-0.05, 0) is 89.2 Å². The van der Waals surface area contributed by atoms with Crippen LogP contribution in [0.3, 0.4) is 0 Å². The molecule has 0 aromatic heterocycles. The van der Waals surface area contributed by atoms with Crippen molar-refractivity contribution < 1.29 is 13.2 Å². The predicted octanol–water partition coefficient (Wildman–Crippen LogP) is 7.39. The fourth-order valence-corrected chi connectivity index (χ4v) is 3.74. The Bertz CT molecular complexity index is 1310. The molecular weight excluding hydrogens is 405 g/mol. The number of benzene rings is 4. The largest absolute Gasteiger partial charge is 0.207 e. The molecule has 4 aromatic carbocycles. The first-order chi connectivity index (χ1) is 15.5. The summed E-state index contributed by atoms with van der Waals surface area (Å²) in [4.78, 5) is 0. The highest BCUT2D eigenvalue weighted by Crippen LogP contribution is 2.20. The zero-order chi connectivity index (χ0) is 22.5. The van der Waals surface area contributed by atoms with E-state index < -0.39 is 11.6 Å². The van der Waals surface area contributed by atoms with E-state index in [1.54, 1.807) is 24.3 Å². The van der Waals surface area contributed by atoms with Crippen molar-refractivity contribution >= 4 is 10.8 Å². The third kappa shape index (κ3) is 5.21. The molecule has 32 heavy (non-hydrogen) atoms. The van der Waals surface area contributed by atoms with Crippen LogP contribution in [0.5, 0.6) is 0 Å². The van der Waals surface area contributed by atoms with E-state index in [4.69, 9.17) is 0 Å². The van der Waals surface area contributed by atoms with Crippen LogP contribution < -0.4 is 0 Å². The average molecular weight is 428 g/mol. The van der Waals surface area contributed by atoms with E-state index in [-0.39, 0.29) is 5.82 Å². The summed E-state index contributed by atoms with van der Waals surface area (Å²) in [6.45, 7) is 2.09. The van der Waals surface area contributed by atoms with E-state index >= 15 is 0 Å². The van der Waals surface area contributed by atoms with E-state index in [9.17, 15) is 13.2 Å². The number of fused-ring (bicyclic) bond motifs is 1. The maximum Gasteiger partial charge on any atom is 0.159 e. The number of hydrogen-bond acceptors (Lipinski definition) is 0. The van der Waals surface area contributed by atoms with Crippen molar-refractivity contribution in [3.63, 3.8) is 0 Å². The minimum Gasteiger partial charge on any atom is -0.207 e. The molecule has 0 fully saturated rings. The van der Waals surface area contributed by atoms with Crippen LogP contribution in [0.15, 0.2) is 72.8 Å². The third-order valence-corrected chi connectivity index (χ3v) is 5.52. The molecule has 0 N–H and O–H groups in total. The molecule has 160 valence electrons. The molecular formula is C29H23F3. The number of hydrogen-bond donors (Lipinski definition) is 0. The predicted molar refractivity (Wildman–Crippen MR) is 124 cm³/mol. The van der Waals surface area contributed by atoms with Gasteiger partial charge in [0.15, 0.2) is 11.6 Å². The number of aryl methyl sites for hydroxylation is 3. The molecule has 0 aliphatic carbocycles. The van der Waals surface area contributed by atoms with Gasteiger partial charge in [-0.3, -0.25) is 0 Å². The molecule has 0 radical (unpaired) electrons. The van der Waals surface area contributed by atoms with Gasteiger partial charge in [0.25, 0.3) is 0 Å². The smallest absolute Gasteiger partial charge is 0.159 e. The van der Waals surface area contributed by atoms with Crippen LogP contribution >= 0.6 is 0 Å². The summed E-state index contributed by atoms with van der Waals surface area (Å²) < 4.78 is 41.1. The lowest BCUT2D eigenvalue weighted by molar-refractivity contribution is 0.511. The molecule has 4 rings (SSSR count). The molecule has 0 bridgehead atoms. The van der Waals surface area contributed by atoms with Crippen LogP contribution in [0.1, 0.15) is 41.2 Å². The van der Waals surface area contributed by atoms with E-state index in [0.717, 1.165) is 47.1 Å². The van der Waals surface area contributed by atoms with Crippen LogP contribution in [-0.4, -0.2) is 0 Å². The fraction of sp³-hybridized carbons (Fsp3) is 0.172. The van der Waals surface area contributed by atoms with E-state index in [1.807, 2.05) is 36.4 Å². The summed E-state index contributed by atoms with van der Waals surface area (Å²) >= 11 is 0. The van der Waals surface area contributed by atoms with Crippen molar-refractivity contribution in [2.45, 2.75) is 32.6 Å². The van der Waals surface area contributed by atoms with Gasteiger partial charge in [0.1, 0.15) is 5.82 Å². The number of rotatable bonds is 5. The van der Waals surface area contributed by atoms with Crippen molar-refractivity contribution in [2.24, 2.45) is 0 Å². The number of halogens is 3. The van der Waals surface area contributed by atoms with E-state index in [1.165, 1.54) is 12.1 Å². The van der Waals surface area contributed by atoms with Crippen LogP contribution in [0.4, 0.5) is 13.2 Å². The topological polar surface area (TPSA) is 0 Å². The molecule has 0 saturated carbocycles. The summed E-state index contributed by atoms with van der Waals surface area (Å²) in [7, 11) is 0. The summed E-state index contributed by atoms with van der Waals surface area (Å²) in [6.07, 6.45) is 3.31. The Morgan fingerprint density at radius 2 is 1.22 bits per heavy atom. The molecule has 0 nitrogen and oxygen atoms in total. The summed E-state index contributed by atoms with van der Waals surface area (Å²) in [6, 6.07) is 21.1. The lowest BCUT2D eigenvalue weighted by Crippen LogP contribution is -1.96. The van der Waals surface area contributed by atoms with Crippen LogP contribution in [-0.2, 0) is 19.3 Å². The van der Waals surface area contributed by atoms with Gasteiger partial charge in [-0.15, -0.1) is 0 Å². The molecule has 0 spiro atoms. The second kappa shape index (κ2) is 9.75. The molecule has 0 saturated heterocycles. The van der Waals surface area contributed by atoms with Crippen molar-refractivity contribution in [3.8, 4) is 11.8 Å². The maximum atomic E-state index is 14.3. The standard InChI is InChI=1S/C29H23F3/c1-2-3-22-11-14-24(27(30)17-22)13-10-21-6-4-20(5-7-21)8-9-23-12-15-25-18-28(31)29(32)19-26(25)16-23/h4-7,11-12,14-19H,2-3,10,13H2,1H3. The monoisotopic (exact) mass is 428 g/mol.